The first-order valence-corrected chi connectivity index (χ1v) is 8.74. The number of hydrogen-bond acceptors (Lipinski definition) is 4. The van der Waals surface area contributed by atoms with Crippen molar-refractivity contribution in [2.24, 2.45) is 0 Å². The quantitative estimate of drug-likeness (QED) is 0.681. The zero-order valence-electron chi connectivity index (χ0n) is 14.4. The van der Waals surface area contributed by atoms with E-state index in [1.807, 2.05) is 36.4 Å². The second-order valence-corrected chi connectivity index (χ2v) is 6.40. The third kappa shape index (κ3) is 3.44. The van der Waals surface area contributed by atoms with Gasteiger partial charge < -0.3 is 9.47 Å². The molecule has 1 aliphatic rings. The number of fused-ring (bicyclic) bond motifs is 1. The first-order valence-electron chi connectivity index (χ1n) is 8.74. The fourth-order valence-electron chi connectivity index (χ4n) is 3.37. The van der Waals surface area contributed by atoms with Gasteiger partial charge in [0.05, 0.1) is 12.6 Å². The van der Waals surface area contributed by atoms with Crippen molar-refractivity contribution >= 4 is 10.9 Å². The molecule has 0 saturated carbocycles. The fourth-order valence-corrected chi connectivity index (χ4v) is 3.37. The van der Waals surface area contributed by atoms with E-state index in [1.165, 1.54) is 31.5 Å². The molecular formula is C21H22N2O2. The number of likely N-dealkylation sites (tertiary alicyclic amines) is 1. The molecule has 0 amide bonds. The first kappa shape index (κ1) is 15.9. The minimum absolute atomic E-state index is 0.726. The minimum Gasteiger partial charge on any atom is -0.493 e. The number of aromatic nitrogens is 1. The van der Waals surface area contributed by atoms with Crippen molar-refractivity contribution in [1.82, 2.24) is 9.88 Å². The van der Waals surface area contributed by atoms with Crippen LogP contribution < -0.4 is 9.47 Å². The van der Waals surface area contributed by atoms with Crippen molar-refractivity contribution in [2.45, 2.75) is 19.4 Å². The Hall–Kier alpha value is -2.59. The monoisotopic (exact) mass is 334 g/mol. The SMILES string of the molecule is COc1cc(CN2CCCC2)ccc1Oc1ccnc2ccccc12. The van der Waals surface area contributed by atoms with Gasteiger partial charge in [-0.2, -0.15) is 0 Å². The lowest BCUT2D eigenvalue weighted by atomic mass is 10.2. The third-order valence-corrected chi connectivity index (χ3v) is 4.66. The van der Waals surface area contributed by atoms with Crippen LogP contribution in [-0.2, 0) is 6.54 Å². The van der Waals surface area contributed by atoms with E-state index in [2.05, 4.69) is 22.0 Å². The summed E-state index contributed by atoms with van der Waals surface area (Å²) in [7, 11) is 1.69. The van der Waals surface area contributed by atoms with E-state index < -0.39 is 0 Å². The van der Waals surface area contributed by atoms with Gasteiger partial charge in [0.15, 0.2) is 11.5 Å². The Morgan fingerprint density at radius 2 is 1.80 bits per heavy atom. The molecule has 1 aliphatic heterocycles. The zero-order valence-corrected chi connectivity index (χ0v) is 14.4. The summed E-state index contributed by atoms with van der Waals surface area (Å²) in [6.07, 6.45) is 4.37. The van der Waals surface area contributed by atoms with Crippen LogP contribution in [0.1, 0.15) is 18.4 Å². The molecule has 4 heteroatoms. The highest BCUT2D eigenvalue weighted by Gasteiger charge is 2.14. The van der Waals surface area contributed by atoms with E-state index in [0.29, 0.717) is 0 Å². The molecule has 0 atom stereocenters. The lowest BCUT2D eigenvalue weighted by Gasteiger charge is -2.17. The highest BCUT2D eigenvalue weighted by atomic mass is 16.5. The maximum atomic E-state index is 6.16. The summed E-state index contributed by atoms with van der Waals surface area (Å²) >= 11 is 0. The van der Waals surface area contributed by atoms with E-state index in [-0.39, 0.29) is 0 Å². The van der Waals surface area contributed by atoms with Gasteiger partial charge in [0.2, 0.25) is 0 Å². The number of hydrogen-bond donors (Lipinski definition) is 0. The number of nitrogens with zero attached hydrogens (tertiary/aromatic N) is 2. The molecule has 128 valence electrons. The van der Waals surface area contributed by atoms with Gasteiger partial charge in [-0.05, 0) is 61.8 Å². The maximum Gasteiger partial charge on any atom is 0.169 e. The number of ether oxygens (including phenoxy) is 2. The second-order valence-electron chi connectivity index (χ2n) is 6.40. The van der Waals surface area contributed by atoms with Crippen molar-refractivity contribution in [3.8, 4) is 17.2 Å². The summed E-state index contributed by atoms with van der Waals surface area (Å²) < 4.78 is 11.7. The largest absolute Gasteiger partial charge is 0.493 e. The standard InChI is InChI=1S/C21H22N2O2/c1-24-21-14-16(15-23-12-4-5-13-23)8-9-20(21)25-19-10-11-22-18-7-3-2-6-17(18)19/h2-3,6-11,14H,4-5,12-13,15H2,1H3. The second kappa shape index (κ2) is 7.11. The number of rotatable bonds is 5. The van der Waals surface area contributed by atoms with Gasteiger partial charge in [0.25, 0.3) is 0 Å². The smallest absolute Gasteiger partial charge is 0.169 e. The van der Waals surface area contributed by atoms with Gasteiger partial charge in [-0.25, -0.2) is 0 Å². The van der Waals surface area contributed by atoms with E-state index in [1.54, 1.807) is 13.3 Å². The number of methoxy groups -OCH3 is 1. The molecule has 1 fully saturated rings. The van der Waals surface area contributed by atoms with Crippen LogP contribution in [0.25, 0.3) is 10.9 Å². The molecule has 4 nitrogen and oxygen atoms in total. The molecule has 2 heterocycles. The van der Waals surface area contributed by atoms with E-state index in [0.717, 1.165) is 34.7 Å². The highest BCUT2D eigenvalue weighted by Crippen LogP contribution is 2.35. The van der Waals surface area contributed by atoms with Gasteiger partial charge in [-0.1, -0.05) is 18.2 Å². The predicted octanol–water partition coefficient (Wildman–Crippen LogP) is 4.63. The van der Waals surface area contributed by atoms with Crippen molar-refractivity contribution in [1.29, 1.82) is 0 Å². The summed E-state index contributed by atoms with van der Waals surface area (Å²) in [5.41, 5.74) is 2.18. The summed E-state index contributed by atoms with van der Waals surface area (Å²) in [4.78, 5) is 6.86. The highest BCUT2D eigenvalue weighted by molar-refractivity contribution is 5.85. The van der Waals surface area contributed by atoms with E-state index >= 15 is 0 Å². The van der Waals surface area contributed by atoms with Crippen LogP contribution in [0, 0.1) is 0 Å². The lowest BCUT2D eigenvalue weighted by Crippen LogP contribution is -2.18. The molecule has 1 saturated heterocycles. The third-order valence-electron chi connectivity index (χ3n) is 4.66. The average Bonchev–Trinajstić information content (AvgIpc) is 3.16. The van der Waals surface area contributed by atoms with Crippen LogP contribution in [0.5, 0.6) is 17.2 Å². The summed E-state index contributed by atoms with van der Waals surface area (Å²) in [5.74, 6) is 2.28. The molecular weight excluding hydrogens is 312 g/mol. The van der Waals surface area contributed by atoms with E-state index in [9.17, 15) is 0 Å². The molecule has 0 aliphatic carbocycles. The van der Waals surface area contributed by atoms with Gasteiger partial charge >= 0.3 is 0 Å². The van der Waals surface area contributed by atoms with Crippen molar-refractivity contribution < 1.29 is 9.47 Å². The summed E-state index contributed by atoms with van der Waals surface area (Å²) in [5, 5.41) is 0.994. The Labute approximate surface area is 148 Å². The van der Waals surface area contributed by atoms with Crippen LogP contribution in [0.15, 0.2) is 54.7 Å². The Bertz CT molecular complexity index is 867. The molecule has 25 heavy (non-hydrogen) atoms. The summed E-state index contributed by atoms with van der Waals surface area (Å²) in [6, 6.07) is 16.1. The van der Waals surface area contributed by atoms with Crippen molar-refractivity contribution in [3.63, 3.8) is 0 Å². The van der Waals surface area contributed by atoms with Crippen LogP contribution in [0.4, 0.5) is 0 Å². The molecule has 0 bridgehead atoms. The number of para-hydroxylation sites is 1. The average molecular weight is 334 g/mol. The Kier molecular flexibility index (Phi) is 4.53. The molecule has 3 aromatic rings. The van der Waals surface area contributed by atoms with Crippen LogP contribution in [-0.4, -0.2) is 30.1 Å². The van der Waals surface area contributed by atoms with Crippen LogP contribution >= 0.6 is 0 Å². The number of pyridine rings is 1. The van der Waals surface area contributed by atoms with Crippen molar-refractivity contribution in [3.05, 3.63) is 60.3 Å². The molecule has 4 rings (SSSR count). The Morgan fingerprint density at radius 1 is 0.960 bits per heavy atom. The normalized spacial score (nSPS) is 14.8. The molecule has 0 radical (unpaired) electrons. The van der Waals surface area contributed by atoms with Gasteiger partial charge in [0.1, 0.15) is 5.75 Å². The van der Waals surface area contributed by atoms with Gasteiger partial charge in [-0.3, -0.25) is 9.88 Å². The van der Waals surface area contributed by atoms with Gasteiger partial charge in [-0.15, -0.1) is 0 Å². The molecule has 0 N–H and O–H groups in total. The lowest BCUT2D eigenvalue weighted by molar-refractivity contribution is 0.329. The van der Waals surface area contributed by atoms with Crippen LogP contribution in [0.3, 0.4) is 0 Å². The van der Waals surface area contributed by atoms with Crippen LogP contribution in [0.2, 0.25) is 0 Å². The van der Waals surface area contributed by atoms with Crippen molar-refractivity contribution in [2.75, 3.05) is 20.2 Å². The minimum atomic E-state index is 0.726. The maximum absolute atomic E-state index is 6.16. The molecule has 1 aromatic heterocycles. The summed E-state index contributed by atoms with van der Waals surface area (Å²) in [6.45, 7) is 3.34. The fraction of sp³-hybridized carbons (Fsp3) is 0.286. The topological polar surface area (TPSA) is 34.6 Å². The molecule has 0 unspecified atom stereocenters. The Morgan fingerprint density at radius 3 is 2.64 bits per heavy atom. The van der Waals surface area contributed by atoms with E-state index in [4.69, 9.17) is 9.47 Å². The predicted molar refractivity (Wildman–Crippen MR) is 99.3 cm³/mol. The zero-order chi connectivity index (χ0) is 17.1. The Balaban J connectivity index is 1.61. The van der Waals surface area contributed by atoms with Gasteiger partial charge in [0, 0.05) is 18.1 Å². The molecule has 2 aromatic carbocycles. The molecule has 0 spiro atoms. The number of benzene rings is 2. The first-order chi connectivity index (χ1) is 12.3.